The van der Waals surface area contributed by atoms with E-state index in [0.29, 0.717) is 82.3 Å². The number of carboxylic acids is 1. The largest absolute Gasteiger partial charge is 0.496 e. The first-order valence-electron chi connectivity index (χ1n) is 27.2. The van der Waals surface area contributed by atoms with Gasteiger partial charge < -0.3 is 90.9 Å². The van der Waals surface area contributed by atoms with E-state index in [1.54, 1.807) is 19.1 Å². The zero-order valence-electron chi connectivity index (χ0n) is 47.1. The summed E-state index contributed by atoms with van der Waals surface area (Å²) in [6, 6.07) is 12.8. The number of aliphatic carboxylic acids is 1. The highest BCUT2D eigenvalue weighted by Gasteiger charge is 2.29. The second kappa shape index (κ2) is 34.6. The fourth-order valence-electron chi connectivity index (χ4n) is 8.49. The van der Waals surface area contributed by atoms with Crippen molar-refractivity contribution in [3.8, 4) is 17.2 Å². The predicted molar refractivity (Wildman–Crippen MR) is 313 cm³/mol. The minimum Gasteiger partial charge on any atom is -0.496 e. The fourth-order valence-corrected chi connectivity index (χ4v) is 8.49. The number of carbonyl (C=O) groups excluding carboxylic acids is 8. The molecule has 26 nitrogen and oxygen atoms in total. The van der Waals surface area contributed by atoms with Crippen LogP contribution in [-0.2, 0) is 24.0 Å². The van der Waals surface area contributed by atoms with Gasteiger partial charge in [-0.15, -0.1) is 0 Å². The van der Waals surface area contributed by atoms with Crippen molar-refractivity contribution >= 4 is 76.0 Å². The third-order valence-electron chi connectivity index (χ3n) is 13.0. The van der Waals surface area contributed by atoms with E-state index in [0.717, 1.165) is 6.42 Å². The van der Waals surface area contributed by atoms with E-state index in [1.165, 1.54) is 74.9 Å². The molecule has 4 aromatic carbocycles. The summed E-state index contributed by atoms with van der Waals surface area (Å²) >= 11 is 0. The van der Waals surface area contributed by atoms with E-state index in [4.69, 9.17) is 48.6 Å². The molecule has 450 valence electrons. The van der Waals surface area contributed by atoms with Gasteiger partial charge >= 0.3 is 5.97 Å². The van der Waals surface area contributed by atoms with Crippen LogP contribution < -0.4 is 85.8 Å². The highest BCUT2D eigenvalue weighted by atomic mass is 16.5. The lowest BCUT2D eigenvalue weighted by Crippen LogP contribution is -2.44. The van der Waals surface area contributed by atoms with Crippen LogP contribution in [0, 0.1) is 6.92 Å². The smallest absolute Gasteiger partial charge is 0.341 e. The number of benzene rings is 4. The third-order valence-corrected chi connectivity index (χ3v) is 13.0. The van der Waals surface area contributed by atoms with Gasteiger partial charge in [-0.25, -0.2) is 4.79 Å². The minimum atomic E-state index is -1.36. The lowest BCUT2D eigenvalue weighted by molar-refractivity contribution is -0.139. The Morgan fingerprint density at radius 2 is 0.795 bits per heavy atom. The predicted octanol–water partition coefficient (Wildman–Crippen LogP) is 2.57. The maximum absolute atomic E-state index is 14.3. The number of unbranched alkanes of at least 4 members (excludes halogenated alkanes) is 4. The second-order valence-corrected chi connectivity index (χ2v) is 19.4. The van der Waals surface area contributed by atoms with Gasteiger partial charge in [-0.1, -0.05) is 12.5 Å². The molecule has 0 aliphatic carbocycles. The molecule has 20 N–H and O–H groups in total. The number of nitrogens with two attached hydrogens (primary N) is 6. The van der Waals surface area contributed by atoms with Gasteiger partial charge in [-0.05, 0) is 176 Å². The van der Waals surface area contributed by atoms with Crippen molar-refractivity contribution in [1.82, 2.24) is 16.0 Å². The fraction of sp³-hybridized carbons (Fsp3) is 0.421. The molecule has 0 aliphatic rings. The molecular formula is C57H79N13O13. The number of hydrogen-bond donors (Lipinski definition) is 14. The molecule has 0 spiro atoms. The van der Waals surface area contributed by atoms with Gasteiger partial charge in [-0.2, -0.15) is 0 Å². The van der Waals surface area contributed by atoms with Gasteiger partial charge in [0.1, 0.15) is 35.4 Å². The van der Waals surface area contributed by atoms with E-state index in [9.17, 15) is 48.3 Å². The number of anilines is 4. The molecule has 0 aromatic heterocycles. The van der Waals surface area contributed by atoms with Gasteiger partial charge in [0.05, 0.1) is 37.0 Å². The summed E-state index contributed by atoms with van der Waals surface area (Å²) in [5.74, 6) is -6.87. The number of methoxy groups -OCH3 is 2. The zero-order valence-corrected chi connectivity index (χ0v) is 47.1. The van der Waals surface area contributed by atoms with Gasteiger partial charge in [0, 0.05) is 28.3 Å². The van der Waals surface area contributed by atoms with Crippen LogP contribution in [0.2, 0.25) is 0 Å². The van der Waals surface area contributed by atoms with Gasteiger partial charge in [0.2, 0.25) is 23.6 Å². The molecule has 0 unspecified atom stereocenters. The molecule has 4 atom stereocenters. The maximum atomic E-state index is 14.3. The van der Waals surface area contributed by atoms with E-state index in [1.807, 2.05) is 0 Å². The lowest BCUT2D eigenvalue weighted by atomic mass is 10.0. The minimum absolute atomic E-state index is 0.00891. The van der Waals surface area contributed by atoms with Crippen molar-refractivity contribution < 1.29 is 62.5 Å². The highest BCUT2D eigenvalue weighted by molar-refractivity contribution is 6.07. The van der Waals surface area contributed by atoms with Crippen molar-refractivity contribution in [2.75, 3.05) is 68.3 Å². The number of hydrogen-bond acceptors (Lipinski definition) is 17. The molecule has 0 aliphatic heterocycles. The summed E-state index contributed by atoms with van der Waals surface area (Å²) in [6.07, 6.45) is 4.95. The molecule has 0 bridgehead atoms. The Balaban J connectivity index is 1.58. The summed E-state index contributed by atoms with van der Waals surface area (Å²) in [6.45, 7) is 2.23. The Morgan fingerprint density at radius 1 is 0.458 bits per heavy atom. The van der Waals surface area contributed by atoms with Gasteiger partial charge in [0.25, 0.3) is 23.6 Å². The average molecular weight is 1150 g/mol. The first-order valence-corrected chi connectivity index (χ1v) is 27.2. The molecule has 0 heterocycles. The Labute approximate surface area is 481 Å². The molecule has 4 aromatic rings. The van der Waals surface area contributed by atoms with E-state index in [2.05, 4.69) is 37.2 Å². The molecular weight excluding hydrogens is 1070 g/mol. The lowest BCUT2D eigenvalue weighted by Gasteiger charge is -2.22. The molecule has 83 heavy (non-hydrogen) atoms. The summed E-state index contributed by atoms with van der Waals surface area (Å²) in [7, 11) is 2.67. The summed E-state index contributed by atoms with van der Waals surface area (Å²) in [4.78, 5) is 121. The summed E-state index contributed by atoms with van der Waals surface area (Å²) < 4.78 is 16.2. The van der Waals surface area contributed by atoms with Crippen molar-refractivity contribution in [2.45, 2.75) is 108 Å². The SMILES string of the molecule is COc1ccc(NC(=O)[C@H](CCCCN)NC(=O)c2cc(NC(=O)[C@H](CCCCN)NC(=O)c3cc(NC(=O)[C@H](CCCCN)NC(=O)c4cc(NC(=O)[C@@H](N)CCCCN)ccc4C)ccc3OC)ccc2OCC(=O)O)cc1C(N)=O. The first-order chi connectivity index (χ1) is 39.8. The topological polar surface area (TPSA) is 442 Å². The molecule has 0 saturated heterocycles. The summed E-state index contributed by atoms with van der Waals surface area (Å²) in [5, 5.41) is 28.6. The number of carbonyl (C=O) groups is 9. The number of nitrogens with one attached hydrogen (secondary N) is 7. The maximum Gasteiger partial charge on any atom is 0.341 e. The molecule has 0 saturated carbocycles. The van der Waals surface area contributed by atoms with E-state index in [-0.39, 0.29) is 82.4 Å². The number of ether oxygens (including phenoxy) is 3. The summed E-state index contributed by atoms with van der Waals surface area (Å²) in [5.41, 5.74) is 35.5. The number of carboxylic acid groups (broad SMARTS) is 1. The van der Waals surface area contributed by atoms with Crippen LogP contribution in [0.1, 0.15) is 124 Å². The Kier molecular flexibility index (Phi) is 27.8. The molecule has 0 radical (unpaired) electrons. The van der Waals surface area contributed by atoms with Gasteiger partial charge in [-0.3, -0.25) is 38.4 Å². The second-order valence-electron chi connectivity index (χ2n) is 19.4. The van der Waals surface area contributed by atoms with Crippen LogP contribution in [0.4, 0.5) is 22.7 Å². The van der Waals surface area contributed by atoms with Crippen molar-refractivity contribution in [2.24, 2.45) is 34.4 Å². The van der Waals surface area contributed by atoms with Gasteiger partial charge in [0.15, 0.2) is 6.61 Å². The van der Waals surface area contributed by atoms with Crippen molar-refractivity contribution in [3.63, 3.8) is 0 Å². The Hall–Kier alpha value is -8.69. The Bertz CT molecular complexity index is 2910. The first kappa shape index (κ1) is 66.8. The van der Waals surface area contributed by atoms with E-state index < -0.39 is 84.0 Å². The number of primary amides is 1. The van der Waals surface area contributed by atoms with Crippen LogP contribution in [0.3, 0.4) is 0 Å². The van der Waals surface area contributed by atoms with Crippen LogP contribution in [-0.4, -0.2) is 130 Å². The highest BCUT2D eigenvalue weighted by Crippen LogP contribution is 2.28. The zero-order chi connectivity index (χ0) is 61.0. The number of amides is 8. The van der Waals surface area contributed by atoms with Crippen LogP contribution in [0.15, 0.2) is 72.8 Å². The van der Waals surface area contributed by atoms with Crippen molar-refractivity contribution in [3.05, 3.63) is 101 Å². The molecule has 4 rings (SSSR count). The normalized spacial score (nSPS) is 12.3. The molecule has 26 heteroatoms. The van der Waals surface area contributed by atoms with Crippen molar-refractivity contribution in [1.29, 1.82) is 0 Å². The van der Waals surface area contributed by atoms with E-state index >= 15 is 0 Å². The third kappa shape index (κ3) is 21.3. The van der Waals surface area contributed by atoms with Crippen LogP contribution in [0.25, 0.3) is 0 Å². The average Bonchev–Trinajstić information content (AvgIpc) is 3.57. The Morgan fingerprint density at radius 3 is 1.19 bits per heavy atom. The number of rotatable bonds is 36. The van der Waals surface area contributed by atoms with Crippen LogP contribution >= 0.6 is 0 Å². The molecule has 8 amide bonds. The molecule has 0 fully saturated rings. The monoisotopic (exact) mass is 1150 g/mol. The number of aryl methyl sites for hydroxylation is 1. The standard InChI is InChI=1S/C57H79N13O13/c1-33-16-17-34(64-54(77)42(62)12-4-8-24-58)28-38(33)51(74)68-43(13-5-9-25-59)55(78)66-36-19-22-47(82-3)40(30-36)52(75)69-44(14-6-10-26-60)57(80)67-37-20-23-48(83-32-49(71)72)41(31-37)53(76)70-45(15-7-11-27-61)56(79)65-35-18-21-46(81-2)39(29-35)50(63)73/h16-23,28-31,42-45H,4-15,24-27,32,58-62H2,1-3H3,(H2,63,73)(H,64,77)(H,65,79)(H,66,78)(H,67,80)(H,68,74)(H,69,75)(H,70,76)(H,71,72)/t42-,43-,44-,45-/m0/s1. The quantitative estimate of drug-likeness (QED) is 0.0291. The van der Waals surface area contributed by atoms with Crippen LogP contribution in [0.5, 0.6) is 17.2 Å².